The van der Waals surface area contributed by atoms with Crippen molar-refractivity contribution in [3.63, 3.8) is 0 Å². The molecule has 1 N–H and O–H groups in total. The van der Waals surface area contributed by atoms with Gasteiger partial charge in [0.05, 0.1) is 7.11 Å². The normalized spacial score (nSPS) is 12.7. The van der Waals surface area contributed by atoms with Crippen LogP contribution in [0.1, 0.15) is 31.9 Å². The smallest absolute Gasteiger partial charge is 0.169 e. The Morgan fingerprint density at radius 3 is 2.53 bits per heavy atom. The van der Waals surface area contributed by atoms with Gasteiger partial charge < -0.3 is 15.0 Å². The molecule has 19 heavy (non-hydrogen) atoms. The Labute approximate surface area is 115 Å². The maximum Gasteiger partial charge on any atom is 0.169 e. The third kappa shape index (κ3) is 4.18. The zero-order chi connectivity index (χ0) is 14.3. The Bertz CT molecular complexity index is 380. The second-order valence-corrected chi connectivity index (χ2v) is 4.52. The molecule has 0 spiro atoms. The van der Waals surface area contributed by atoms with Crippen molar-refractivity contribution in [3.8, 4) is 5.75 Å². The van der Waals surface area contributed by atoms with Crippen LogP contribution < -0.4 is 10.1 Å². The van der Waals surface area contributed by atoms with E-state index in [1.807, 2.05) is 19.2 Å². The van der Waals surface area contributed by atoms with E-state index in [9.17, 15) is 4.39 Å². The molecular formula is C15H25FN2O. The molecule has 0 saturated carbocycles. The first-order chi connectivity index (χ1) is 9.17. The number of ether oxygens (including phenoxy) is 1. The Morgan fingerprint density at radius 1 is 1.32 bits per heavy atom. The maximum absolute atomic E-state index is 14.2. The van der Waals surface area contributed by atoms with Crippen LogP contribution in [-0.4, -0.2) is 38.7 Å². The number of hydrogen-bond acceptors (Lipinski definition) is 3. The minimum Gasteiger partial charge on any atom is -0.494 e. The van der Waals surface area contributed by atoms with Crippen molar-refractivity contribution >= 4 is 0 Å². The average molecular weight is 268 g/mol. The molecule has 1 rings (SSSR count). The van der Waals surface area contributed by atoms with Crippen molar-refractivity contribution in [2.45, 2.75) is 26.3 Å². The predicted octanol–water partition coefficient (Wildman–Crippen LogP) is 2.83. The van der Waals surface area contributed by atoms with Crippen molar-refractivity contribution in [2.24, 2.45) is 0 Å². The van der Waals surface area contributed by atoms with Gasteiger partial charge in [-0.25, -0.2) is 4.39 Å². The van der Waals surface area contributed by atoms with E-state index < -0.39 is 0 Å². The lowest BCUT2D eigenvalue weighted by Gasteiger charge is -2.23. The topological polar surface area (TPSA) is 24.5 Å². The molecule has 4 heteroatoms. The van der Waals surface area contributed by atoms with Crippen molar-refractivity contribution in [1.82, 2.24) is 10.2 Å². The highest BCUT2D eigenvalue weighted by Gasteiger charge is 2.17. The van der Waals surface area contributed by atoms with Crippen LogP contribution in [0.4, 0.5) is 4.39 Å². The van der Waals surface area contributed by atoms with Gasteiger partial charge in [-0.1, -0.05) is 26.0 Å². The summed E-state index contributed by atoms with van der Waals surface area (Å²) in [4.78, 5) is 2.34. The van der Waals surface area contributed by atoms with Gasteiger partial charge >= 0.3 is 0 Å². The Morgan fingerprint density at radius 2 is 2.00 bits per heavy atom. The fourth-order valence-electron chi connectivity index (χ4n) is 2.26. The lowest BCUT2D eigenvalue weighted by molar-refractivity contribution is 0.282. The first-order valence-electron chi connectivity index (χ1n) is 6.89. The van der Waals surface area contributed by atoms with Crippen LogP contribution >= 0.6 is 0 Å². The largest absolute Gasteiger partial charge is 0.494 e. The summed E-state index contributed by atoms with van der Waals surface area (Å²) >= 11 is 0. The molecule has 1 unspecified atom stereocenters. The minimum absolute atomic E-state index is 0.00991. The van der Waals surface area contributed by atoms with E-state index in [0.717, 1.165) is 26.1 Å². The third-order valence-corrected chi connectivity index (χ3v) is 3.57. The number of hydrogen-bond donors (Lipinski definition) is 1. The molecule has 1 aromatic carbocycles. The molecule has 0 aliphatic carbocycles. The second kappa shape index (κ2) is 8.12. The van der Waals surface area contributed by atoms with Crippen LogP contribution in [0.5, 0.6) is 5.75 Å². The summed E-state index contributed by atoms with van der Waals surface area (Å²) in [5.74, 6) is 0.0458. The zero-order valence-electron chi connectivity index (χ0n) is 12.4. The van der Waals surface area contributed by atoms with Gasteiger partial charge in [-0.3, -0.25) is 0 Å². The monoisotopic (exact) mass is 268 g/mol. The molecule has 0 aromatic heterocycles. The van der Waals surface area contributed by atoms with Gasteiger partial charge in [-0.15, -0.1) is 0 Å². The van der Waals surface area contributed by atoms with Crippen LogP contribution in [0.15, 0.2) is 18.2 Å². The van der Waals surface area contributed by atoms with Crippen LogP contribution in [0.25, 0.3) is 0 Å². The molecule has 0 radical (unpaired) electrons. The second-order valence-electron chi connectivity index (χ2n) is 4.52. The summed E-state index contributed by atoms with van der Waals surface area (Å²) < 4.78 is 19.3. The molecule has 3 nitrogen and oxygen atoms in total. The third-order valence-electron chi connectivity index (χ3n) is 3.57. The van der Waals surface area contributed by atoms with Gasteiger partial charge in [0.25, 0.3) is 0 Å². The van der Waals surface area contributed by atoms with E-state index in [2.05, 4.69) is 24.1 Å². The molecular weight excluding hydrogens is 243 g/mol. The van der Waals surface area contributed by atoms with Crippen LogP contribution in [0, 0.1) is 5.82 Å². The number of methoxy groups -OCH3 is 1. The lowest BCUT2D eigenvalue weighted by Crippen LogP contribution is -2.28. The highest BCUT2D eigenvalue weighted by atomic mass is 19.1. The van der Waals surface area contributed by atoms with Crippen LogP contribution in [0.3, 0.4) is 0 Å². The summed E-state index contributed by atoms with van der Waals surface area (Å²) in [5, 5.41) is 3.19. The lowest BCUT2D eigenvalue weighted by atomic mass is 10.0. The van der Waals surface area contributed by atoms with E-state index in [4.69, 9.17) is 4.74 Å². The van der Waals surface area contributed by atoms with E-state index in [-0.39, 0.29) is 11.9 Å². The van der Waals surface area contributed by atoms with Gasteiger partial charge in [0.2, 0.25) is 0 Å². The van der Waals surface area contributed by atoms with Crippen molar-refractivity contribution in [2.75, 3.05) is 33.8 Å². The van der Waals surface area contributed by atoms with E-state index in [1.54, 1.807) is 6.07 Å². The fraction of sp³-hybridized carbons (Fsp3) is 0.600. The standard InChI is InChI=1S/C15H25FN2O/c1-5-18(6-2)11-10-13(17-3)12-8-7-9-14(19-4)15(12)16/h7-9,13,17H,5-6,10-11H2,1-4H3. The molecule has 0 fully saturated rings. The van der Waals surface area contributed by atoms with E-state index in [0.29, 0.717) is 11.3 Å². The van der Waals surface area contributed by atoms with E-state index in [1.165, 1.54) is 7.11 Å². The zero-order valence-corrected chi connectivity index (χ0v) is 12.4. The molecule has 1 aromatic rings. The van der Waals surface area contributed by atoms with Crippen molar-refractivity contribution in [1.29, 1.82) is 0 Å². The predicted molar refractivity (Wildman–Crippen MR) is 77.2 cm³/mol. The average Bonchev–Trinajstić information content (AvgIpc) is 2.45. The fourth-order valence-corrected chi connectivity index (χ4v) is 2.26. The first kappa shape index (κ1) is 15.9. The Hall–Kier alpha value is -1.13. The van der Waals surface area contributed by atoms with Gasteiger partial charge in [-0.2, -0.15) is 0 Å². The molecule has 108 valence electrons. The number of rotatable bonds is 8. The van der Waals surface area contributed by atoms with E-state index >= 15 is 0 Å². The highest BCUT2D eigenvalue weighted by Crippen LogP contribution is 2.26. The molecule has 0 bridgehead atoms. The summed E-state index contributed by atoms with van der Waals surface area (Å²) in [6.07, 6.45) is 0.877. The number of benzene rings is 1. The van der Waals surface area contributed by atoms with Gasteiger partial charge in [0.1, 0.15) is 0 Å². The minimum atomic E-state index is -0.260. The van der Waals surface area contributed by atoms with Gasteiger partial charge in [-0.05, 0) is 39.2 Å². The molecule has 0 heterocycles. The molecule has 0 saturated heterocycles. The number of nitrogens with zero attached hydrogens (tertiary/aromatic N) is 1. The Kier molecular flexibility index (Phi) is 6.81. The molecule has 0 aliphatic heterocycles. The summed E-state index contributed by atoms with van der Waals surface area (Å²) in [7, 11) is 3.36. The molecule has 0 amide bonds. The van der Waals surface area contributed by atoms with Gasteiger partial charge in [0, 0.05) is 11.6 Å². The molecule has 0 aliphatic rings. The SMILES string of the molecule is CCN(CC)CCC(NC)c1cccc(OC)c1F. The summed E-state index contributed by atoms with van der Waals surface area (Å²) in [6.45, 7) is 7.28. The highest BCUT2D eigenvalue weighted by molar-refractivity contribution is 5.33. The quantitative estimate of drug-likeness (QED) is 0.784. The maximum atomic E-state index is 14.2. The number of halogens is 1. The summed E-state index contributed by atoms with van der Waals surface area (Å²) in [5.41, 5.74) is 0.675. The van der Waals surface area contributed by atoms with Crippen LogP contribution in [-0.2, 0) is 0 Å². The first-order valence-corrected chi connectivity index (χ1v) is 6.89. The Balaban J connectivity index is 2.79. The summed E-state index contributed by atoms with van der Waals surface area (Å²) in [6, 6.07) is 5.31. The van der Waals surface area contributed by atoms with Gasteiger partial charge in [0.15, 0.2) is 11.6 Å². The van der Waals surface area contributed by atoms with Crippen molar-refractivity contribution < 1.29 is 9.13 Å². The van der Waals surface area contributed by atoms with Crippen molar-refractivity contribution in [3.05, 3.63) is 29.6 Å². The number of nitrogens with one attached hydrogen (secondary N) is 1. The van der Waals surface area contributed by atoms with Crippen LogP contribution in [0.2, 0.25) is 0 Å². The molecule has 1 atom stereocenters.